The van der Waals surface area contributed by atoms with E-state index >= 15 is 0 Å². The number of aromatic nitrogens is 1. The van der Waals surface area contributed by atoms with Crippen LogP contribution in [0.15, 0.2) is 83.3 Å². The van der Waals surface area contributed by atoms with Crippen molar-refractivity contribution in [2.45, 2.75) is 0 Å². The Balaban J connectivity index is 1.51. The first kappa shape index (κ1) is 17.5. The first-order chi connectivity index (χ1) is 13.7. The predicted molar refractivity (Wildman–Crippen MR) is 110 cm³/mol. The zero-order chi connectivity index (χ0) is 19.3. The first-order valence-corrected chi connectivity index (χ1v) is 8.80. The van der Waals surface area contributed by atoms with Crippen LogP contribution in [0.25, 0.3) is 28.6 Å². The van der Waals surface area contributed by atoms with E-state index in [0.29, 0.717) is 22.7 Å². The van der Waals surface area contributed by atoms with Crippen LogP contribution in [0.3, 0.4) is 0 Å². The molecule has 0 spiro atoms. The lowest BCUT2D eigenvalue weighted by atomic mass is 10.2. The third-order valence-electron chi connectivity index (χ3n) is 4.22. The number of carbonyl (C=O) groups excluding carboxylic acids is 1. The van der Waals surface area contributed by atoms with Crippen LogP contribution in [-0.4, -0.2) is 18.0 Å². The summed E-state index contributed by atoms with van der Waals surface area (Å²) >= 11 is 0. The number of ether oxygens (including phenoxy) is 1. The van der Waals surface area contributed by atoms with E-state index in [9.17, 15) is 4.79 Å². The van der Waals surface area contributed by atoms with Gasteiger partial charge < -0.3 is 14.5 Å². The molecule has 1 amide bonds. The Bertz CT molecular complexity index is 1130. The van der Waals surface area contributed by atoms with E-state index in [1.54, 1.807) is 31.4 Å². The molecule has 1 N–H and O–H groups in total. The zero-order valence-electron chi connectivity index (χ0n) is 15.3. The van der Waals surface area contributed by atoms with Crippen molar-refractivity contribution in [3.05, 3.63) is 84.4 Å². The molecule has 138 valence electrons. The van der Waals surface area contributed by atoms with Crippen molar-refractivity contribution in [1.82, 2.24) is 4.98 Å². The molecular formula is C23H18N2O3. The van der Waals surface area contributed by atoms with Crippen molar-refractivity contribution in [1.29, 1.82) is 0 Å². The Morgan fingerprint density at radius 2 is 1.82 bits per heavy atom. The summed E-state index contributed by atoms with van der Waals surface area (Å²) in [6.07, 6.45) is 3.27. The molecule has 0 bridgehead atoms. The number of fused-ring (bicyclic) bond motifs is 1. The molecule has 5 nitrogen and oxygen atoms in total. The summed E-state index contributed by atoms with van der Waals surface area (Å²) in [5, 5.41) is 2.84. The van der Waals surface area contributed by atoms with Crippen molar-refractivity contribution in [3.8, 4) is 17.2 Å². The van der Waals surface area contributed by atoms with Gasteiger partial charge in [0.05, 0.1) is 7.11 Å². The van der Waals surface area contributed by atoms with Crippen molar-refractivity contribution in [2.24, 2.45) is 0 Å². The van der Waals surface area contributed by atoms with Crippen molar-refractivity contribution < 1.29 is 13.9 Å². The molecule has 1 heterocycles. The summed E-state index contributed by atoms with van der Waals surface area (Å²) < 4.78 is 11.0. The number of nitrogens with zero attached hydrogens (tertiary/aromatic N) is 1. The SMILES string of the molecule is COc1ccc(-c2nc3cc(NC(=O)/C=C/c4ccccc4)ccc3o2)cc1. The highest BCUT2D eigenvalue weighted by molar-refractivity contribution is 6.02. The lowest BCUT2D eigenvalue weighted by molar-refractivity contribution is -0.111. The molecule has 0 aliphatic carbocycles. The molecule has 28 heavy (non-hydrogen) atoms. The quantitative estimate of drug-likeness (QED) is 0.493. The Morgan fingerprint density at radius 1 is 1.04 bits per heavy atom. The van der Waals surface area contributed by atoms with Crippen LogP contribution in [0, 0.1) is 0 Å². The van der Waals surface area contributed by atoms with Gasteiger partial charge in [0.25, 0.3) is 0 Å². The van der Waals surface area contributed by atoms with Gasteiger partial charge in [-0.15, -0.1) is 0 Å². The van der Waals surface area contributed by atoms with Gasteiger partial charge >= 0.3 is 0 Å². The number of oxazole rings is 1. The van der Waals surface area contributed by atoms with Crippen molar-refractivity contribution in [2.75, 3.05) is 12.4 Å². The maximum Gasteiger partial charge on any atom is 0.248 e. The van der Waals surface area contributed by atoms with Crippen LogP contribution < -0.4 is 10.1 Å². The molecule has 0 fully saturated rings. The van der Waals surface area contributed by atoms with Crippen LogP contribution in [-0.2, 0) is 4.79 Å². The highest BCUT2D eigenvalue weighted by Crippen LogP contribution is 2.27. The van der Waals surface area contributed by atoms with Gasteiger partial charge in [-0.05, 0) is 54.1 Å². The average Bonchev–Trinajstić information content (AvgIpc) is 3.16. The van der Waals surface area contributed by atoms with E-state index in [2.05, 4.69) is 10.3 Å². The van der Waals surface area contributed by atoms with E-state index in [0.717, 1.165) is 16.9 Å². The number of rotatable bonds is 5. The molecule has 0 saturated heterocycles. The van der Waals surface area contributed by atoms with Crippen LogP contribution in [0.1, 0.15) is 5.56 Å². The average molecular weight is 370 g/mol. The predicted octanol–water partition coefficient (Wildman–Crippen LogP) is 5.16. The molecule has 0 aliphatic heterocycles. The molecular weight excluding hydrogens is 352 g/mol. The highest BCUT2D eigenvalue weighted by atomic mass is 16.5. The second kappa shape index (κ2) is 7.80. The largest absolute Gasteiger partial charge is 0.497 e. The summed E-state index contributed by atoms with van der Waals surface area (Å²) in [4.78, 5) is 16.7. The molecule has 4 aromatic rings. The standard InChI is InChI=1S/C23H18N2O3/c1-27-19-11-8-17(9-12-19)23-25-20-15-18(10-13-21(20)28-23)24-22(26)14-7-16-5-3-2-4-6-16/h2-15H,1H3,(H,24,26)/b14-7+. The fourth-order valence-electron chi connectivity index (χ4n) is 2.78. The summed E-state index contributed by atoms with van der Waals surface area (Å²) in [6.45, 7) is 0. The van der Waals surface area contributed by atoms with E-state index in [-0.39, 0.29) is 5.91 Å². The highest BCUT2D eigenvalue weighted by Gasteiger charge is 2.09. The first-order valence-electron chi connectivity index (χ1n) is 8.80. The van der Waals surface area contributed by atoms with Gasteiger partial charge in [0, 0.05) is 17.3 Å². The maximum atomic E-state index is 12.2. The lowest BCUT2D eigenvalue weighted by Crippen LogP contribution is -2.07. The van der Waals surface area contributed by atoms with Gasteiger partial charge in [-0.25, -0.2) is 4.98 Å². The van der Waals surface area contributed by atoms with E-state index in [1.807, 2.05) is 54.6 Å². The molecule has 0 aliphatic rings. The lowest BCUT2D eigenvalue weighted by Gasteiger charge is -2.01. The van der Waals surface area contributed by atoms with Gasteiger partial charge in [0.1, 0.15) is 11.3 Å². The maximum absolute atomic E-state index is 12.2. The Kier molecular flexibility index (Phi) is 4.89. The zero-order valence-corrected chi connectivity index (χ0v) is 15.3. The van der Waals surface area contributed by atoms with E-state index in [4.69, 9.17) is 9.15 Å². The fourth-order valence-corrected chi connectivity index (χ4v) is 2.78. The minimum Gasteiger partial charge on any atom is -0.497 e. The topological polar surface area (TPSA) is 64.4 Å². The minimum absolute atomic E-state index is 0.206. The molecule has 0 unspecified atom stereocenters. The van der Waals surface area contributed by atoms with E-state index in [1.165, 1.54) is 6.08 Å². The molecule has 0 saturated carbocycles. The number of hydrogen-bond acceptors (Lipinski definition) is 4. The number of nitrogens with one attached hydrogen (secondary N) is 1. The van der Waals surface area contributed by atoms with Gasteiger partial charge in [-0.3, -0.25) is 4.79 Å². The summed E-state index contributed by atoms with van der Waals surface area (Å²) in [5.41, 5.74) is 3.81. The normalized spacial score (nSPS) is 11.0. The third-order valence-corrected chi connectivity index (χ3v) is 4.22. The van der Waals surface area contributed by atoms with Gasteiger partial charge in [0.2, 0.25) is 11.8 Å². The van der Waals surface area contributed by atoms with Crippen LogP contribution >= 0.6 is 0 Å². The van der Waals surface area contributed by atoms with Crippen LogP contribution in [0.5, 0.6) is 5.75 Å². The third kappa shape index (κ3) is 3.94. The molecule has 0 atom stereocenters. The fraction of sp³-hybridized carbons (Fsp3) is 0.0435. The van der Waals surface area contributed by atoms with Crippen molar-refractivity contribution in [3.63, 3.8) is 0 Å². The molecule has 1 aromatic heterocycles. The number of benzene rings is 3. The smallest absolute Gasteiger partial charge is 0.248 e. The van der Waals surface area contributed by atoms with Crippen molar-refractivity contribution >= 4 is 28.8 Å². The van der Waals surface area contributed by atoms with Gasteiger partial charge in [-0.2, -0.15) is 0 Å². The van der Waals surface area contributed by atoms with E-state index < -0.39 is 0 Å². The Hall–Kier alpha value is -3.86. The second-order valence-electron chi connectivity index (χ2n) is 6.16. The molecule has 0 radical (unpaired) electrons. The summed E-state index contributed by atoms with van der Waals surface area (Å²) in [5.74, 6) is 1.08. The molecule has 4 rings (SSSR count). The summed E-state index contributed by atoms with van der Waals surface area (Å²) in [7, 11) is 1.62. The van der Waals surface area contributed by atoms with Crippen LogP contribution in [0.2, 0.25) is 0 Å². The van der Waals surface area contributed by atoms with Gasteiger partial charge in [0.15, 0.2) is 5.58 Å². The minimum atomic E-state index is -0.206. The second-order valence-corrected chi connectivity index (χ2v) is 6.16. The molecule has 3 aromatic carbocycles. The molecule has 5 heteroatoms. The van der Waals surface area contributed by atoms with Gasteiger partial charge in [-0.1, -0.05) is 30.3 Å². The number of methoxy groups -OCH3 is 1. The summed E-state index contributed by atoms with van der Waals surface area (Å²) in [6, 6.07) is 22.5. The monoisotopic (exact) mass is 370 g/mol. The number of amides is 1. The Morgan fingerprint density at radius 3 is 2.57 bits per heavy atom. The number of anilines is 1. The Labute approximate surface area is 162 Å². The number of hydrogen-bond donors (Lipinski definition) is 1. The number of carbonyl (C=O) groups is 1. The van der Waals surface area contributed by atoms with Crippen LogP contribution in [0.4, 0.5) is 5.69 Å².